The molecule has 1 fully saturated rings. The van der Waals surface area contributed by atoms with Gasteiger partial charge in [-0.05, 0) is 45.2 Å². The van der Waals surface area contributed by atoms with Crippen molar-refractivity contribution in [1.82, 2.24) is 4.90 Å². The molecule has 1 heterocycles. The minimum atomic E-state index is 0.834. The highest BCUT2D eigenvalue weighted by atomic mass is 35.5. The third-order valence-electron chi connectivity index (χ3n) is 2.47. The van der Waals surface area contributed by atoms with E-state index in [1.165, 1.54) is 38.8 Å². The SMILES string of the molecule is CN1CCCC(CCCCl)C1. The van der Waals surface area contributed by atoms with E-state index in [0.717, 1.165) is 11.8 Å². The lowest BCUT2D eigenvalue weighted by atomic mass is 9.94. The molecule has 1 aliphatic heterocycles. The molecule has 1 saturated heterocycles. The second kappa shape index (κ2) is 5.00. The zero-order chi connectivity index (χ0) is 8.10. The summed E-state index contributed by atoms with van der Waals surface area (Å²) in [4.78, 5) is 2.43. The molecule has 1 unspecified atom stereocenters. The van der Waals surface area contributed by atoms with Crippen LogP contribution in [0.2, 0.25) is 0 Å². The van der Waals surface area contributed by atoms with Gasteiger partial charge in [0.25, 0.3) is 0 Å². The molecule has 66 valence electrons. The molecular weight excluding hydrogens is 158 g/mol. The molecule has 1 rings (SSSR count). The van der Waals surface area contributed by atoms with E-state index in [9.17, 15) is 0 Å². The van der Waals surface area contributed by atoms with Crippen molar-refractivity contribution in [3.8, 4) is 0 Å². The van der Waals surface area contributed by atoms with Crippen molar-refractivity contribution in [3.63, 3.8) is 0 Å². The van der Waals surface area contributed by atoms with Crippen LogP contribution in [-0.4, -0.2) is 30.9 Å². The average Bonchev–Trinajstić information content (AvgIpc) is 2.01. The molecule has 0 radical (unpaired) electrons. The van der Waals surface area contributed by atoms with Crippen molar-refractivity contribution < 1.29 is 0 Å². The maximum Gasteiger partial charge on any atom is 0.0223 e. The second-order valence-electron chi connectivity index (χ2n) is 3.60. The lowest BCUT2D eigenvalue weighted by Crippen LogP contribution is -2.31. The van der Waals surface area contributed by atoms with Crippen LogP contribution in [0.15, 0.2) is 0 Å². The molecule has 1 nitrogen and oxygen atoms in total. The Balaban J connectivity index is 2.12. The van der Waals surface area contributed by atoms with Gasteiger partial charge in [-0.3, -0.25) is 0 Å². The van der Waals surface area contributed by atoms with Crippen LogP contribution in [0.3, 0.4) is 0 Å². The maximum atomic E-state index is 5.64. The van der Waals surface area contributed by atoms with Crippen molar-refractivity contribution in [2.24, 2.45) is 5.92 Å². The quantitative estimate of drug-likeness (QED) is 0.596. The highest BCUT2D eigenvalue weighted by molar-refractivity contribution is 6.17. The molecule has 1 aliphatic rings. The van der Waals surface area contributed by atoms with Gasteiger partial charge in [0.2, 0.25) is 0 Å². The van der Waals surface area contributed by atoms with Gasteiger partial charge in [0.15, 0.2) is 0 Å². The van der Waals surface area contributed by atoms with E-state index in [4.69, 9.17) is 11.6 Å². The summed E-state index contributed by atoms with van der Waals surface area (Å²) in [7, 11) is 2.22. The van der Waals surface area contributed by atoms with E-state index in [-0.39, 0.29) is 0 Å². The first kappa shape index (κ1) is 9.34. The Bertz CT molecular complexity index is 106. The maximum absolute atomic E-state index is 5.64. The summed E-state index contributed by atoms with van der Waals surface area (Å²) in [5.74, 6) is 1.76. The summed E-state index contributed by atoms with van der Waals surface area (Å²) < 4.78 is 0. The molecule has 2 heteroatoms. The monoisotopic (exact) mass is 175 g/mol. The molecule has 1 atom stereocenters. The van der Waals surface area contributed by atoms with E-state index < -0.39 is 0 Å². The van der Waals surface area contributed by atoms with Gasteiger partial charge in [-0.2, -0.15) is 0 Å². The van der Waals surface area contributed by atoms with Crippen LogP contribution >= 0.6 is 11.6 Å². The molecule has 0 spiro atoms. The van der Waals surface area contributed by atoms with Crippen LogP contribution in [0.4, 0.5) is 0 Å². The van der Waals surface area contributed by atoms with Gasteiger partial charge < -0.3 is 4.90 Å². The molecule has 0 N–H and O–H groups in total. The number of alkyl halides is 1. The number of likely N-dealkylation sites (tertiary alicyclic amines) is 1. The number of piperidine rings is 1. The number of hydrogen-bond donors (Lipinski definition) is 0. The summed E-state index contributed by atoms with van der Waals surface area (Å²) in [5, 5.41) is 0. The highest BCUT2D eigenvalue weighted by Crippen LogP contribution is 2.19. The first-order valence-electron chi connectivity index (χ1n) is 4.57. The normalized spacial score (nSPS) is 27.3. The van der Waals surface area contributed by atoms with Crippen LogP contribution in [0.5, 0.6) is 0 Å². The molecule has 11 heavy (non-hydrogen) atoms. The predicted octanol–water partition coefficient (Wildman–Crippen LogP) is 2.35. The fourth-order valence-corrected chi connectivity index (χ4v) is 2.03. The van der Waals surface area contributed by atoms with Gasteiger partial charge in [-0.15, -0.1) is 11.6 Å². The summed E-state index contributed by atoms with van der Waals surface area (Å²) in [6, 6.07) is 0. The minimum Gasteiger partial charge on any atom is -0.306 e. The Morgan fingerprint density at radius 3 is 3.00 bits per heavy atom. The van der Waals surface area contributed by atoms with Crippen molar-refractivity contribution >= 4 is 11.6 Å². The summed E-state index contributed by atoms with van der Waals surface area (Å²) in [5.41, 5.74) is 0. The van der Waals surface area contributed by atoms with E-state index in [1.54, 1.807) is 0 Å². The standard InChI is InChI=1S/C9H18ClN/c1-11-7-3-5-9(8-11)4-2-6-10/h9H,2-8H2,1H3. The number of rotatable bonds is 3. The van der Waals surface area contributed by atoms with Crippen molar-refractivity contribution in [2.45, 2.75) is 25.7 Å². The highest BCUT2D eigenvalue weighted by Gasteiger charge is 2.15. The van der Waals surface area contributed by atoms with Crippen molar-refractivity contribution in [2.75, 3.05) is 26.0 Å². The minimum absolute atomic E-state index is 0.834. The first-order valence-corrected chi connectivity index (χ1v) is 5.11. The number of halogens is 1. The Morgan fingerprint density at radius 2 is 2.36 bits per heavy atom. The van der Waals surface area contributed by atoms with Crippen LogP contribution in [0, 0.1) is 5.92 Å². The second-order valence-corrected chi connectivity index (χ2v) is 3.98. The van der Waals surface area contributed by atoms with Gasteiger partial charge >= 0.3 is 0 Å². The fraction of sp³-hybridized carbons (Fsp3) is 1.00. The largest absolute Gasteiger partial charge is 0.306 e. The average molecular weight is 176 g/mol. The van der Waals surface area contributed by atoms with E-state index in [0.29, 0.717) is 0 Å². The smallest absolute Gasteiger partial charge is 0.0223 e. The Labute approximate surface area is 74.7 Å². The van der Waals surface area contributed by atoms with Crippen LogP contribution in [-0.2, 0) is 0 Å². The molecular formula is C9H18ClN. The predicted molar refractivity (Wildman–Crippen MR) is 50.2 cm³/mol. The summed E-state index contributed by atoms with van der Waals surface area (Å²) in [6.07, 6.45) is 5.32. The molecule has 0 aromatic carbocycles. The van der Waals surface area contributed by atoms with Crippen molar-refractivity contribution in [1.29, 1.82) is 0 Å². The summed E-state index contributed by atoms with van der Waals surface area (Å²) >= 11 is 5.64. The Morgan fingerprint density at radius 1 is 1.55 bits per heavy atom. The van der Waals surface area contributed by atoms with Crippen LogP contribution in [0.1, 0.15) is 25.7 Å². The van der Waals surface area contributed by atoms with Gasteiger partial charge in [0.05, 0.1) is 0 Å². The van der Waals surface area contributed by atoms with Gasteiger partial charge in [0.1, 0.15) is 0 Å². The van der Waals surface area contributed by atoms with Crippen molar-refractivity contribution in [3.05, 3.63) is 0 Å². The molecule has 0 amide bonds. The van der Waals surface area contributed by atoms with Gasteiger partial charge in [0, 0.05) is 12.4 Å². The zero-order valence-electron chi connectivity index (χ0n) is 7.35. The fourth-order valence-electron chi connectivity index (χ4n) is 1.87. The Kier molecular flexibility index (Phi) is 4.24. The lowest BCUT2D eigenvalue weighted by Gasteiger charge is -2.29. The topological polar surface area (TPSA) is 3.24 Å². The van der Waals surface area contributed by atoms with E-state index in [2.05, 4.69) is 11.9 Å². The zero-order valence-corrected chi connectivity index (χ0v) is 8.11. The third kappa shape index (κ3) is 3.44. The van der Waals surface area contributed by atoms with Crippen LogP contribution < -0.4 is 0 Å². The molecule has 0 aliphatic carbocycles. The molecule has 0 aromatic heterocycles. The lowest BCUT2D eigenvalue weighted by molar-refractivity contribution is 0.201. The van der Waals surface area contributed by atoms with E-state index in [1.807, 2.05) is 0 Å². The first-order chi connectivity index (χ1) is 5.33. The molecule has 0 bridgehead atoms. The molecule has 0 saturated carbocycles. The third-order valence-corrected chi connectivity index (χ3v) is 2.74. The number of hydrogen-bond acceptors (Lipinski definition) is 1. The Hall–Kier alpha value is 0.250. The van der Waals surface area contributed by atoms with Crippen LogP contribution in [0.25, 0.3) is 0 Å². The molecule has 0 aromatic rings. The van der Waals surface area contributed by atoms with E-state index >= 15 is 0 Å². The summed E-state index contributed by atoms with van der Waals surface area (Å²) in [6.45, 7) is 2.58. The van der Waals surface area contributed by atoms with Gasteiger partial charge in [-0.1, -0.05) is 0 Å². The number of nitrogens with zero attached hydrogens (tertiary/aromatic N) is 1. The van der Waals surface area contributed by atoms with Gasteiger partial charge in [-0.25, -0.2) is 0 Å².